The van der Waals surface area contributed by atoms with E-state index in [1.807, 2.05) is 36.6 Å². The second kappa shape index (κ2) is 5.23. The Balaban J connectivity index is 1.93. The lowest BCUT2D eigenvalue weighted by Crippen LogP contribution is -2.12. The summed E-state index contributed by atoms with van der Waals surface area (Å²) in [6.07, 6.45) is 0. The van der Waals surface area contributed by atoms with Crippen LogP contribution < -0.4 is 5.32 Å². The van der Waals surface area contributed by atoms with Crippen LogP contribution >= 0.6 is 22.9 Å². The summed E-state index contributed by atoms with van der Waals surface area (Å²) in [5, 5.41) is 6.14. The molecule has 0 radical (unpaired) electrons. The number of amides is 1. The molecular weight excluding hydrogens is 292 g/mol. The van der Waals surface area contributed by atoms with Gasteiger partial charge in [-0.1, -0.05) is 29.8 Å². The molecule has 0 atom stereocenters. The van der Waals surface area contributed by atoms with Gasteiger partial charge in [0.05, 0.1) is 16.9 Å². The average Bonchev–Trinajstić information content (AvgIpc) is 2.86. The van der Waals surface area contributed by atoms with Gasteiger partial charge in [0.2, 0.25) is 0 Å². The highest BCUT2D eigenvalue weighted by Gasteiger charge is 2.13. The molecule has 0 saturated carbocycles. The highest BCUT2D eigenvalue weighted by molar-refractivity contribution is 7.17. The number of aromatic nitrogens is 1. The number of halogens is 1. The van der Waals surface area contributed by atoms with Crippen molar-refractivity contribution in [1.29, 1.82) is 0 Å². The van der Waals surface area contributed by atoms with E-state index in [0.717, 1.165) is 10.1 Å². The Kier molecular flexibility index (Phi) is 3.42. The average molecular weight is 303 g/mol. The van der Waals surface area contributed by atoms with Crippen LogP contribution in [0.15, 0.2) is 41.8 Å². The van der Waals surface area contributed by atoms with Crippen molar-refractivity contribution < 1.29 is 4.79 Å². The van der Waals surface area contributed by atoms with Crippen molar-refractivity contribution in [3.05, 3.63) is 58.2 Å². The fourth-order valence-corrected chi connectivity index (χ4v) is 3.14. The maximum Gasteiger partial charge on any atom is 0.257 e. The van der Waals surface area contributed by atoms with E-state index in [1.54, 1.807) is 23.5 Å². The van der Waals surface area contributed by atoms with E-state index in [1.165, 1.54) is 0 Å². The van der Waals surface area contributed by atoms with Crippen molar-refractivity contribution in [3.63, 3.8) is 0 Å². The molecule has 3 nitrogen and oxygen atoms in total. The summed E-state index contributed by atoms with van der Waals surface area (Å²) in [4.78, 5) is 16.5. The summed E-state index contributed by atoms with van der Waals surface area (Å²) >= 11 is 7.37. The van der Waals surface area contributed by atoms with Crippen molar-refractivity contribution in [3.8, 4) is 0 Å². The summed E-state index contributed by atoms with van der Waals surface area (Å²) < 4.78 is 1.10. The molecule has 2 aromatic heterocycles. The van der Waals surface area contributed by atoms with Gasteiger partial charge in [-0.3, -0.25) is 4.79 Å². The minimum absolute atomic E-state index is 0.130. The maximum atomic E-state index is 12.4. The molecule has 3 rings (SSSR count). The number of rotatable bonds is 2. The van der Waals surface area contributed by atoms with E-state index in [0.29, 0.717) is 22.1 Å². The molecule has 0 spiro atoms. The molecule has 1 N–H and O–H groups in total. The van der Waals surface area contributed by atoms with Crippen LogP contribution in [0.4, 0.5) is 5.69 Å². The summed E-state index contributed by atoms with van der Waals surface area (Å²) in [6.45, 7) is 1.81. The zero-order valence-electron chi connectivity index (χ0n) is 10.7. The second-order valence-corrected chi connectivity index (χ2v) is 5.67. The molecule has 100 valence electrons. The molecule has 1 aromatic carbocycles. The molecule has 1 amide bonds. The standard InChI is InChI=1S/C15H11ClN2OS/c1-9-12(6-7-14(16)17-9)18-15(19)11-8-20-13-5-3-2-4-10(11)13/h2-8H,1H3,(H,18,19). The number of benzene rings is 1. The quantitative estimate of drug-likeness (QED) is 0.708. The Morgan fingerprint density at radius 3 is 2.85 bits per heavy atom. The van der Waals surface area contributed by atoms with Crippen LogP contribution in [0.3, 0.4) is 0 Å². The highest BCUT2D eigenvalue weighted by Crippen LogP contribution is 2.26. The number of fused-ring (bicyclic) bond motifs is 1. The van der Waals surface area contributed by atoms with Crippen molar-refractivity contribution in [1.82, 2.24) is 4.98 Å². The first-order chi connectivity index (χ1) is 9.65. The van der Waals surface area contributed by atoms with E-state index in [4.69, 9.17) is 11.6 Å². The van der Waals surface area contributed by atoms with Gasteiger partial charge in [-0.25, -0.2) is 4.98 Å². The van der Waals surface area contributed by atoms with Gasteiger partial charge < -0.3 is 5.32 Å². The van der Waals surface area contributed by atoms with E-state index < -0.39 is 0 Å². The normalized spacial score (nSPS) is 10.7. The summed E-state index contributed by atoms with van der Waals surface area (Å²) in [6, 6.07) is 11.3. The third-order valence-corrected chi connectivity index (χ3v) is 4.20. The van der Waals surface area contributed by atoms with Crippen molar-refractivity contribution in [2.75, 3.05) is 5.32 Å². The lowest BCUT2D eigenvalue weighted by molar-refractivity contribution is 0.102. The summed E-state index contributed by atoms with van der Waals surface area (Å²) in [5.41, 5.74) is 2.06. The Morgan fingerprint density at radius 2 is 2.05 bits per heavy atom. The predicted octanol–water partition coefficient (Wildman–Crippen LogP) is 4.51. The first-order valence-corrected chi connectivity index (χ1v) is 7.31. The van der Waals surface area contributed by atoms with Gasteiger partial charge in [0.1, 0.15) is 5.15 Å². The van der Waals surface area contributed by atoms with Gasteiger partial charge in [0.25, 0.3) is 5.91 Å². The lowest BCUT2D eigenvalue weighted by Gasteiger charge is -2.07. The number of hydrogen-bond donors (Lipinski definition) is 1. The molecule has 0 saturated heterocycles. The maximum absolute atomic E-state index is 12.4. The number of aryl methyl sites for hydroxylation is 1. The third-order valence-electron chi connectivity index (χ3n) is 3.03. The van der Waals surface area contributed by atoms with Crippen LogP contribution in [-0.4, -0.2) is 10.9 Å². The van der Waals surface area contributed by atoms with Crippen LogP contribution in [0.1, 0.15) is 16.1 Å². The Hall–Kier alpha value is -1.91. The molecule has 5 heteroatoms. The largest absolute Gasteiger partial charge is 0.320 e. The first kappa shape index (κ1) is 13.1. The topological polar surface area (TPSA) is 42.0 Å². The number of nitrogens with zero attached hydrogens (tertiary/aromatic N) is 1. The molecule has 0 aliphatic heterocycles. The van der Waals surface area contributed by atoms with Crippen LogP contribution in [0.5, 0.6) is 0 Å². The number of carbonyl (C=O) groups excluding carboxylic acids is 1. The molecule has 0 aliphatic carbocycles. The monoisotopic (exact) mass is 302 g/mol. The van der Waals surface area contributed by atoms with Crippen LogP contribution in [-0.2, 0) is 0 Å². The number of anilines is 1. The minimum atomic E-state index is -0.130. The summed E-state index contributed by atoms with van der Waals surface area (Å²) in [5.74, 6) is -0.130. The van der Waals surface area contributed by atoms with Crippen LogP contribution in [0.25, 0.3) is 10.1 Å². The molecule has 0 bridgehead atoms. The molecule has 0 aliphatic rings. The van der Waals surface area contributed by atoms with E-state index >= 15 is 0 Å². The predicted molar refractivity (Wildman–Crippen MR) is 83.8 cm³/mol. The molecule has 0 unspecified atom stereocenters. The number of hydrogen-bond acceptors (Lipinski definition) is 3. The first-order valence-electron chi connectivity index (χ1n) is 6.06. The van der Waals surface area contributed by atoms with Gasteiger partial charge in [-0.05, 0) is 25.1 Å². The van der Waals surface area contributed by atoms with Crippen LogP contribution in [0.2, 0.25) is 5.15 Å². The number of nitrogens with one attached hydrogen (secondary N) is 1. The van der Waals surface area contributed by atoms with Crippen LogP contribution in [0, 0.1) is 6.92 Å². The second-order valence-electron chi connectivity index (χ2n) is 4.37. The van der Waals surface area contributed by atoms with Gasteiger partial charge in [-0.2, -0.15) is 0 Å². The van der Waals surface area contributed by atoms with Crippen molar-refractivity contribution in [2.45, 2.75) is 6.92 Å². The Bertz CT molecular complexity index is 797. The smallest absolute Gasteiger partial charge is 0.257 e. The fraction of sp³-hybridized carbons (Fsp3) is 0.0667. The molecule has 0 fully saturated rings. The SMILES string of the molecule is Cc1nc(Cl)ccc1NC(=O)c1csc2ccccc12. The zero-order valence-corrected chi connectivity index (χ0v) is 12.3. The number of pyridine rings is 1. The zero-order chi connectivity index (χ0) is 14.1. The Labute approximate surface area is 125 Å². The summed E-state index contributed by atoms with van der Waals surface area (Å²) in [7, 11) is 0. The van der Waals surface area contributed by atoms with Gasteiger partial charge in [-0.15, -0.1) is 11.3 Å². The molecule has 20 heavy (non-hydrogen) atoms. The third kappa shape index (κ3) is 2.40. The number of thiophene rings is 1. The van der Waals surface area contributed by atoms with E-state index in [9.17, 15) is 4.79 Å². The molecule has 3 aromatic rings. The van der Waals surface area contributed by atoms with Crippen molar-refractivity contribution >= 4 is 44.6 Å². The van der Waals surface area contributed by atoms with E-state index in [2.05, 4.69) is 10.3 Å². The number of carbonyl (C=O) groups is 1. The fourth-order valence-electron chi connectivity index (χ4n) is 2.01. The lowest BCUT2D eigenvalue weighted by atomic mass is 10.1. The minimum Gasteiger partial charge on any atom is -0.320 e. The molecule has 2 heterocycles. The van der Waals surface area contributed by atoms with Gasteiger partial charge in [0, 0.05) is 15.5 Å². The Morgan fingerprint density at radius 1 is 1.25 bits per heavy atom. The van der Waals surface area contributed by atoms with Crippen molar-refractivity contribution in [2.24, 2.45) is 0 Å². The van der Waals surface area contributed by atoms with Gasteiger partial charge in [0.15, 0.2) is 0 Å². The molecular formula is C15H11ClN2OS. The van der Waals surface area contributed by atoms with Gasteiger partial charge >= 0.3 is 0 Å². The highest BCUT2D eigenvalue weighted by atomic mass is 35.5. The van der Waals surface area contributed by atoms with E-state index in [-0.39, 0.29) is 5.91 Å².